The van der Waals surface area contributed by atoms with E-state index in [9.17, 15) is 9.59 Å². The predicted octanol–water partition coefficient (Wildman–Crippen LogP) is 6.36. The van der Waals surface area contributed by atoms with Gasteiger partial charge in [-0.3, -0.25) is 9.59 Å². The molecule has 0 aromatic heterocycles. The summed E-state index contributed by atoms with van der Waals surface area (Å²) in [5.74, 6) is 0.106. The van der Waals surface area contributed by atoms with Crippen molar-refractivity contribution in [1.82, 2.24) is 0 Å². The van der Waals surface area contributed by atoms with E-state index in [0.717, 1.165) is 25.7 Å². The van der Waals surface area contributed by atoms with Gasteiger partial charge in [-0.05, 0) is 60.3 Å². The lowest BCUT2D eigenvalue weighted by Crippen LogP contribution is -2.34. The number of carbonyl (C=O) groups excluding carboxylic acids is 2. The van der Waals surface area contributed by atoms with Gasteiger partial charge in [0, 0.05) is 25.6 Å². The van der Waals surface area contributed by atoms with E-state index in [1.165, 1.54) is 0 Å². The molecule has 0 amide bonds. The Balaban J connectivity index is 0. The largest absolute Gasteiger partial charge is 0.435 e. The van der Waals surface area contributed by atoms with Crippen LogP contribution in [0, 0.1) is 22.7 Å². The van der Waals surface area contributed by atoms with Crippen molar-refractivity contribution in [3.63, 3.8) is 0 Å². The average Bonchev–Trinajstić information content (AvgIpc) is 2.73. The zero-order valence-corrected chi connectivity index (χ0v) is 22.3. The maximum atomic E-state index is 11.9. The first-order chi connectivity index (χ1) is 14.3. The van der Waals surface area contributed by atoms with Crippen LogP contribution < -0.4 is 0 Å². The van der Waals surface area contributed by atoms with Gasteiger partial charge in [-0.1, -0.05) is 41.5 Å². The minimum Gasteiger partial charge on any atom is -0.435 e. The van der Waals surface area contributed by atoms with Gasteiger partial charge in [-0.2, -0.15) is 0 Å². The van der Waals surface area contributed by atoms with E-state index in [4.69, 9.17) is 18.9 Å². The third kappa shape index (κ3) is 11.9. The molecule has 0 N–H and O–H groups in total. The molecule has 0 heterocycles. The summed E-state index contributed by atoms with van der Waals surface area (Å²) in [6, 6.07) is 0. The van der Waals surface area contributed by atoms with Gasteiger partial charge in [0.25, 0.3) is 0 Å². The van der Waals surface area contributed by atoms with Crippen LogP contribution in [0.5, 0.6) is 0 Å². The van der Waals surface area contributed by atoms with Crippen molar-refractivity contribution < 1.29 is 28.5 Å². The van der Waals surface area contributed by atoms with E-state index in [0.29, 0.717) is 6.61 Å². The van der Waals surface area contributed by atoms with Gasteiger partial charge in [0.05, 0.1) is 10.8 Å². The molecular formula is C25H50O6. The molecule has 6 nitrogen and oxygen atoms in total. The molecular weight excluding hydrogens is 396 g/mol. The summed E-state index contributed by atoms with van der Waals surface area (Å²) >= 11 is 0. The smallest absolute Gasteiger partial charge is 0.313 e. The van der Waals surface area contributed by atoms with Crippen LogP contribution in [0.4, 0.5) is 0 Å². The van der Waals surface area contributed by atoms with Crippen molar-refractivity contribution in [1.29, 1.82) is 0 Å². The number of carbonyl (C=O) groups is 2. The molecule has 0 saturated heterocycles. The summed E-state index contributed by atoms with van der Waals surface area (Å²) in [5, 5.41) is 0. The molecule has 0 spiro atoms. The van der Waals surface area contributed by atoms with Crippen molar-refractivity contribution in [3.8, 4) is 0 Å². The van der Waals surface area contributed by atoms with E-state index in [2.05, 4.69) is 13.8 Å². The van der Waals surface area contributed by atoms with Crippen molar-refractivity contribution in [2.24, 2.45) is 22.7 Å². The first-order valence-corrected chi connectivity index (χ1v) is 11.8. The Morgan fingerprint density at radius 3 is 1.39 bits per heavy atom. The lowest BCUT2D eigenvalue weighted by Gasteiger charge is -2.28. The Labute approximate surface area is 191 Å². The molecule has 0 aliphatic heterocycles. The SMILES string of the molecule is CCC(CC)C(OC)OC(=O)C(C)(C)CC.CCOC(OC(=O)C(C)(C)CC)C(C)C. The van der Waals surface area contributed by atoms with Crippen molar-refractivity contribution in [2.75, 3.05) is 13.7 Å². The molecule has 0 radical (unpaired) electrons. The Bertz CT molecular complexity index is 494. The van der Waals surface area contributed by atoms with Gasteiger partial charge in [-0.25, -0.2) is 0 Å². The van der Waals surface area contributed by atoms with Crippen LogP contribution in [-0.2, 0) is 28.5 Å². The van der Waals surface area contributed by atoms with Gasteiger partial charge in [0.15, 0.2) is 0 Å². The van der Waals surface area contributed by atoms with Crippen LogP contribution >= 0.6 is 0 Å². The summed E-state index contributed by atoms with van der Waals surface area (Å²) in [4.78, 5) is 23.7. The Kier molecular flexibility index (Phi) is 16.2. The van der Waals surface area contributed by atoms with Crippen LogP contribution in [0.15, 0.2) is 0 Å². The normalized spacial score (nSPS) is 14.0. The first kappa shape index (κ1) is 32.0. The Morgan fingerprint density at radius 1 is 0.742 bits per heavy atom. The van der Waals surface area contributed by atoms with Crippen LogP contribution in [0.1, 0.15) is 102 Å². The third-order valence-electron chi connectivity index (χ3n) is 5.86. The standard InChI is InChI=1S/C13H26O3.C12H24O3/c1-7-10(8-2)11(15-6)16-12(14)13(4,5)9-3;1-7-12(5,6)11(13)15-10(9(3)4)14-8-2/h10-11H,7-9H2,1-6H3;9-10H,7-8H2,1-6H3. The topological polar surface area (TPSA) is 71.1 Å². The van der Waals surface area contributed by atoms with Gasteiger partial charge in [0.2, 0.25) is 12.6 Å². The van der Waals surface area contributed by atoms with E-state index in [-0.39, 0.29) is 23.8 Å². The second-order valence-electron chi connectivity index (χ2n) is 9.53. The number of esters is 2. The molecule has 0 bridgehead atoms. The summed E-state index contributed by atoms with van der Waals surface area (Å²) in [6.45, 7) is 22.1. The second kappa shape index (κ2) is 15.6. The number of ether oxygens (including phenoxy) is 4. The molecule has 0 aliphatic carbocycles. The van der Waals surface area contributed by atoms with Gasteiger partial charge >= 0.3 is 11.9 Å². The maximum absolute atomic E-state index is 11.9. The Hall–Kier alpha value is -1.14. The highest BCUT2D eigenvalue weighted by Gasteiger charge is 2.32. The highest BCUT2D eigenvalue weighted by Crippen LogP contribution is 2.26. The molecule has 2 atom stereocenters. The maximum Gasteiger partial charge on any atom is 0.313 e. The fourth-order valence-electron chi connectivity index (χ4n) is 2.36. The van der Waals surface area contributed by atoms with Gasteiger partial charge < -0.3 is 18.9 Å². The lowest BCUT2D eigenvalue weighted by atomic mass is 9.90. The fourth-order valence-corrected chi connectivity index (χ4v) is 2.36. The molecule has 0 aliphatic rings. The summed E-state index contributed by atoms with van der Waals surface area (Å²) < 4.78 is 21.4. The first-order valence-electron chi connectivity index (χ1n) is 11.8. The number of hydrogen-bond acceptors (Lipinski definition) is 6. The monoisotopic (exact) mass is 446 g/mol. The summed E-state index contributed by atoms with van der Waals surface area (Å²) in [5.41, 5.74) is -0.854. The van der Waals surface area contributed by atoms with Gasteiger partial charge in [0.1, 0.15) is 0 Å². The van der Waals surface area contributed by atoms with E-state index < -0.39 is 23.4 Å². The number of rotatable bonds is 13. The minimum absolute atomic E-state index is 0.172. The molecule has 31 heavy (non-hydrogen) atoms. The second-order valence-corrected chi connectivity index (χ2v) is 9.53. The quantitative estimate of drug-likeness (QED) is 0.242. The van der Waals surface area contributed by atoms with Crippen molar-refractivity contribution in [3.05, 3.63) is 0 Å². The highest BCUT2D eigenvalue weighted by molar-refractivity contribution is 5.76. The van der Waals surface area contributed by atoms with Crippen LogP contribution in [0.3, 0.4) is 0 Å². The number of hydrogen-bond donors (Lipinski definition) is 0. The van der Waals surface area contributed by atoms with Crippen LogP contribution in [0.25, 0.3) is 0 Å². The average molecular weight is 447 g/mol. The van der Waals surface area contributed by atoms with Crippen molar-refractivity contribution in [2.45, 2.75) is 114 Å². The molecule has 0 fully saturated rings. The molecule has 0 aromatic carbocycles. The van der Waals surface area contributed by atoms with Crippen LogP contribution in [0.2, 0.25) is 0 Å². The zero-order chi connectivity index (χ0) is 24.8. The van der Waals surface area contributed by atoms with E-state index in [1.807, 2.05) is 62.3 Å². The molecule has 2 unspecified atom stereocenters. The van der Waals surface area contributed by atoms with Crippen molar-refractivity contribution >= 4 is 11.9 Å². The fraction of sp³-hybridized carbons (Fsp3) is 0.920. The summed E-state index contributed by atoms with van der Waals surface area (Å²) in [7, 11) is 1.59. The third-order valence-corrected chi connectivity index (χ3v) is 5.86. The predicted molar refractivity (Wildman–Crippen MR) is 125 cm³/mol. The Morgan fingerprint density at radius 2 is 1.13 bits per heavy atom. The molecule has 0 aromatic rings. The highest BCUT2D eigenvalue weighted by atomic mass is 16.7. The molecule has 186 valence electrons. The molecule has 0 rings (SSSR count). The van der Waals surface area contributed by atoms with Gasteiger partial charge in [-0.15, -0.1) is 0 Å². The minimum atomic E-state index is -0.428. The lowest BCUT2D eigenvalue weighted by molar-refractivity contribution is -0.197. The number of methoxy groups -OCH3 is 1. The zero-order valence-electron chi connectivity index (χ0n) is 22.3. The molecule has 6 heteroatoms. The van der Waals surface area contributed by atoms with Crippen LogP contribution in [-0.4, -0.2) is 38.2 Å². The summed E-state index contributed by atoms with van der Waals surface area (Å²) in [6.07, 6.45) is 2.61. The van der Waals surface area contributed by atoms with E-state index >= 15 is 0 Å². The van der Waals surface area contributed by atoms with E-state index in [1.54, 1.807) is 7.11 Å². The molecule has 0 saturated carbocycles.